The fourth-order valence-electron chi connectivity index (χ4n) is 4.20. The highest BCUT2D eigenvalue weighted by molar-refractivity contribution is 14.0. The monoisotopic (exact) mass is 480 g/mol. The first kappa shape index (κ1) is 22.2. The molecule has 3 rings (SSSR count). The SMILES string of the molecule is CCNC(=NCCN1CCCC(C)C1)N1CCOC(C2CCCO2)C1.I. The van der Waals surface area contributed by atoms with Gasteiger partial charge >= 0.3 is 0 Å². The molecule has 152 valence electrons. The van der Waals surface area contributed by atoms with Gasteiger partial charge in [0, 0.05) is 39.3 Å². The molecule has 0 aliphatic carbocycles. The van der Waals surface area contributed by atoms with Crippen molar-refractivity contribution in [2.24, 2.45) is 10.9 Å². The van der Waals surface area contributed by atoms with E-state index in [1.165, 1.54) is 25.9 Å². The first-order valence-electron chi connectivity index (χ1n) is 10.2. The second kappa shape index (κ2) is 11.7. The molecule has 26 heavy (non-hydrogen) atoms. The summed E-state index contributed by atoms with van der Waals surface area (Å²) >= 11 is 0. The van der Waals surface area contributed by atoms with Crippen LogP contribution in [0.15, 0.2) is 4.99 Å². The summed E-state index contributed by atoms with van der Waals surface area (Å²) in [6, 6.07) is 0. The van der Waals surface area contributed by atoms with Crippen molar-refractivity contribution in [1.82, 2.24) is 15.1 Å². The van der Waals surface area contributed by atoms with Crippen LogP contribution in [-0.4, -0.2) is 87.0 Å². The summed E-state index contributed by atoms with van der Waals surface area (Å²) in [7, 11) is 0. The summed E-state index contributed by atoms with van der Waals surface area (Å²) in [5.74, 6) is 1.87. The zero-order valence-corrected chi connectivity index (χ0v) is 18.8. The molecule has 0 aromatic carbocycles. The lowest BCUT2D eigenvalue weighted by Crippen LogP contribution is -2.53. The Hall–Kier alpha value is -0.120. The summed E-state index contributed by atoms with van der Waals surface area (Å²) in [6.45, 7) is 13.2. The molecule has 0 radical (unpaired) electrons. The smallest absolute Gasteiger partial charge is 0.194 e. The van der Waals surface area contributed by atoms with Gasteiger partial charge in [0.15, 0.2) is 5.96 Å². The molecular formula is C19H37IN4O2. The van der Waals surface area contributed by atoms with Crippen molar-refractivity contribution in [3.05, 3.63) is 0 Å². The van der Waals surface area contributed by atoms with Gasteiger partial charge in [-0.3, -0.25) is 4.99 Å². The Labute approximate surface area is 176 Å². The molecule has 6 nitrogen and oxygen atoms in total. The van der Waals surface area contributed by atoms with Crippen LogP contribution in [0.4, 0.5) is 0 Å². The first-order valence-corrected chi connectivity index (χ1v) is 10.2. The molecular weight excluding hydrogens is 443 g/mol. The summed E-state index contributed by atoms with van der Waals surface area (Å²) in [5, 5.41) is 3.47. The highest BCUT2D eigenvalue weighted by Gasteiger charge is 2.32. The number of ether oxygens (including phenoxy) is 2. The van der Waals surface area contributed by atoms with Gasteiger partial charge in [-0.05, 0) is 45.1 Å². The lowest BCUT2D eigenvalue weighted by atomic mass is 10.0. The molecule has 3 atom stereocenters. The number of likely N-dealkylation sites (tertiary alicyclic amines) is 1. The molecule has 3 aliphatic heterocycles. The average molecular weight is 480 g/mol. The third-order valence-electron chi connectivity index (χ3n) is 5.53. The Morgan fingerprint density at radius 1 is 1.08 bits per heavy atom. The topological polar surface area (TPSA) is 49.3 Å². The van der Waals surface area contributed by atoms with Crippen LogP contribution in [0.25, 0.3) is 0 Å². The van der Waals surface area contributed by atoms with Gasteiger partial charge in [-0.15, -0.1) is 24.0 Å². The van der Waals surface area contributed by atoms with Gasteiger partial charge in [-0.2, -0.15) is 0 Å². The van der Waals surface area contributed by atoms with Gasteiger partial charge < -0.3 is 24.6 Å². The summed E-state index contributed by atoms with van der Waals surface area (Å²) in [4.78, 5) is 9.84. The number of piperidine rings is 1. The van der Waals surface area contributed by atoms with Crippen LogP contribution in [0.1, 0.15) is 39.5 Å². The fraction of sp³-hybridized carbons (Fsp3) is 0.947. The largest absolute Gasteiger partial charge is 0.375 e. The maximum absolute atomic E-state index is 5.97. The van der Waals surface area contributed by atoms with Crippen molar-refractivity contribution in [3.8, 4) is 0 Å². The molecule has 3 saturated heterocycles. The molecule has 0 bridgehead atoms. The lowest BCUT2D eigenvalue weighted by molar-refractivity contribution is -0.0817. The molecule has 1 N–H and O–H groups in total. The molecule has 0 aromatic rings. The van der Waals surface area contributed by atoms with E-state index in [9.17, 15) is 0 Å². The highest BCUT2D eigenvalue weighted by atomic mass is 127. The molecule has 3 unspecified atom stereocenters. The number of rotatable bonds is 5. The summed E-state index contributed by atoms with van der Waals surface area (Å²) in [6.07, 6.45) is 5.44. The number of aliphatic imine (C=N–C) groups is 1. The molecule has 0 amide bonds. The third-order valence-corrected chi connectivity index (χ3v) is 5.53. The average Bonchev–Trinajstić information content (AvgIpc) is 3.16. The minimum atomic E-state index is 0. The van der Waals surface area contributed by atoms with Crippen molar-refractivity contribution < 1.29 is 9.47 Å². The Morgan fingerprint density at radius 3 is 2.65 bits per heavy atom. The molecule has 0 spiro atoms. The Bertz CT molecular complexity index is 432. The fourth-order valence-corrected chi connectivity index (χ4v) is 4.20. The minimum Gasteiger partial charge on any atom is -0.375 e. The number of nitrogens with zero attached hydrogens (tertiary/aromatic N) is 3. The first-order chi connectivity index (χ1) is 12.3. The molecule has 0 saturated carbocycles. The summed E-state index contributed by atoms with van der Waals surface area (Å²) < 4.78 is 11.8. The van der Waals surface area contributed by atoms with E-state index in [-0.39, 0.29) is 36.2 Å². The van der Waals surface area contributed by atoms with E-state index in [4.69, 9.17) is 14.5 Å². The minimum absolute atomic E-state index is 0. The number of morpholine rings is 1. The Morgan fingerprint density at radius 2 is 1.92 bits per heavy atom. The maximum atomic E-state index is 5.97. The van der Waals surface area contributed by atoms with Crippen molar-refractivity contribution >= 4 is 29.9 Å². The van der Waals surface area contributed by atoms with Gasteiger partial charge in [0.2, 0.25) is 0 Å². The third kappa shape index (κ3) is 6.49. The number of guanidine groups is 1. The van der Waals surface area contributed by atoms with E-state index in [2.05, 4.69) is 29.0 Å². The molecule has 0 aromatic heterocycles. The van der Waals surface area contributed by atoms with Gasteiger partial charge in [0.05, 0.1) is 19.3 Å². The van der Waals surface area contributed by atoms with Gasteiger partial charge in [0.1, 0.15) is 6.10 Å². The lowest BCUT2D eigenvalue weighted by Gasteiger charge is -2.37. The van der Waals surface area contributed by atoms with Crippen molar-refractivity contribution in [3.63, 3.8) is 0 Å². The van der Waals surface area contributed by atoms with Crippen molar-refractivity contribution in [1.29, 1.82) is 0 Å². The Balaban J connectivity index is 0.00000243. The zero-order valence-electron chi connectivity index (χ0n) is 16.5. The number of hydrogen-bond donors (Lipinski definition) is 1. The number of halogens is 1. The van der Waals surface area contributed by atoms with Crippen molar-refractivity contribution in [2.75, 3.05) is 59.0 Å². The van der Waals surface area contributed by atoms with E-state index in [1.807, 2.05) is 0 Å². The molecule has 7 heteroatoms. The quantitative estimate of drug-likeness (QED) is 0.372. The predicted octanol–water partition coefficient (Wildman–Crippen LogP) is 2.18. The maximum Gasteiger partial charge on any atom is 0.194 e. The van der Waals surface area contributed by atoms with Crippen LogP contribution in [0, 0.1) is 5.92 Å². The highest BCUT2D eigenvalue weighted by Crippen LogP contribution is 2.21. The second-order valence-corrected chi connectivity index (χ2v) is 7.69. The molecule has 3 heterocycles. The van der Waals surface area contributed by atoms with Gasteiger partial charge in [-0.25, -0.2) is 0 Å². The van der Waals surface area contributed by atoms with Crippen LogP contribution < -0.4 is 5.32 Å². The summed E-state index contributed by atoms with van der Waals surface area (Å²) in [5.41, 5.74) is 0. The second-order valence-electron chi connectivity index (χ2n) is 7.69. The van der Waals surface area contributed by atoms with Crippen LogP contribution in [0.2, 0.25) is 0 Å². The van der Waals surface area contributed by atoms with Crippen molar-refractivity contribution in [2.45, 2.75) is 51.7 Å². The van der Waals surface area contributed by atoms with E-state index in [0.29, 0.717) is 0 Å². The van der Waals surface area contributed by atoms with Crippen LogP contribution in [-0.2, 0) is 9.47 Å². The standard InChI is InChI=1S/C19H36N4O2.HI/c1-3-20-19(21-8-10-22-9-4-6-16(2)14-22)23-11-13-25-18(15-23)17-7-5-12-24-17;/h16-18H,3-15H2,1-2H3,(H,20,21);1H. The van der Waals surface area contributed by atoms with E-state index < -0.39 is 0 Å². The number of nitrogens with one attached hydrogen (secondary N) is 1. The predicted molar refractivity (Wildman–Crippen MR) is 117 cm³/mol. The van der Waals surface area contributed by atoms with Crippen LogP contribution in [0.5, 0.6) is 0 Å². The van der Waals surface area contributed by atoms with E-state index in [0.717, 1.165) is 70.7 Å². The normalized spacial score (nSPS) is 30.9. The molecule has 3 fully saturated rings. The number of hydrogen-bond acceptors (Lipinski definition) is 4. The van der Waals surface area contributed by atoms with Gasteiger partial charge in [0.25, 0.3) is 0 Å². The Kier molecular flexibility index (Phi) is 9.94. The van der Waals surface area contributed by atoms with Crippen LogP contribution in [0.3, 0.4) is 0 Å². The van der Waals surface area contributed by atoms with E-state index in [1.54, 1.807) is 0 Å². The van der Waals surface area contributed by atoms with Crippen LogP contribution >= 0.6 is 24.0 Å². The zero-order chi connectivity index (χ0) is 17.5. The van der Waals surface area contributed by atoms with Gasteiger partial charge in [-0.1, -0.05) is 6.92 Å². The van der Waals surface area contributed by atoms with E-state index >= 15 is 0 Å². The molecule has 3 aliphatic rings.